The molecular weight excluding hydrogens is 260 g/mol. The van der Waals surface area contributed by atoms with Crippen LogP contribution in [0.5, 0.6) is 0 Å². The average Bonchev–Trinajstić information content (AvgIpc) is 2.77. The van der Waals surface area contributed by atoms with Gasteiger partial charge in [-0.2, -0.15) is 0 Å². The van der Waals surface area contributed by atoms with Crippen molar-refractivity contribution in [3.63, 3.8) is 0 Å². The van der Waals surface area contributed by atoms with Crippen LogP contribution in [0.4, 0.5) is 8.78 Å². The first-order chi connectivity index (χ1) is 9.74. The van der Waals surface area contributed by atoms with Crippen molar-refractivity contribution >= 4 is 0 Å². The molecule has 0 saturated carbocycles. The molecule has 3 nitrogen and oxygen atoms in total. The van der Waals surface area contributed by atoms with E-state index in [-0.39, 0.29) is 11.6 Å². The van der Waals surface area contributed by atoms with Gasteiger partial charge >= 0.3 is 0 Å². The number of halogens is 2. The molecule has 0 bridgehead atoms. The summed E-state index contributed by atoms with van der Waals surface area (Å²) >= 11 is 0. The summed E-state index contributed by atoms with van der Waals surface area (Å²) in [4.78, 5) is 7.44. The van der Waals surface area contributed by atoms with Gasteiger partial charge in [-0.1, -0.05) is 12.8 Å². The van der Waals surface area contributed by atoms with Crippen molar-refractivity contribution in [3.8, 4) is 11.3 Å². The van der Waals surface area contributed by atoms with E-state index in [9.17, 15) is 8.78 Å². The molecule has 3 rings (SSSR count). The Hall–Kier alpha value is -1.75. The molecule has 1 saturated heterocycles. The Morgan fingerprint density at radius 3 is 2.95 bits per heavy atom. The third-order valence-corrected chi connectivity index (χ3v) is 3.70. The van der Waals surface area contributed by atoms with Gasteiger partial charge in [0.15, 0.2) is 0 Å². The summed E-state index contributed by atoms with van der Waals surface area (Å²) in [5.74, 6) is -0.105. The fourth-order valence-corrected chi connectivity index (χ4v) is 2.62. The van der Waals surface area contributed by atoms with E-state index in [2.05, 4.69) is 15.3 Å². The highest BCUT2D eigenvalue weighted by Gasteiger charge is 2.18. The number of benzene rings is 1. The Morgan fingerprint density at radius 1 is 1.15 bits per heavy atom. The molecule has 1 fully saturated rings. The fourth-order valence-electron chi connectivity index (χ4n) is 2.62. The van der Waals surface area contributed by atoms with E-state index in [0.29, 0.717) is 5.69 Å². The van der Waals surface area contributed by atoms with Gasteiger partial charge in [-0.25, -0.2) is 13.8 Å². The highest BCUT2D eigenvalue weighted by molar-refractivity contribution is 5.59. The van der Waals surface area contributed by atoms with E-state index in [0.717, 1.165) is 37.3 Å². The first-order valence-corrected chi connectivity index (χ1v) is 6.98. The van der Waals surface area contributed by atoms with Crippen LogP contribution in [0.2, 0.25) is 0 Å². The average molecular weight is 277 g/mol. The number of aromatic amines is 1. The van der Waals surface area contributed by atoms with Crippen molar-refractivity contribution in [1.82, 2.24) is 15.3 Å². The van der Waals surface area contributed by atoms with Crippen LogP contribution in [0.25, 0.3) is 11.3 Å². The second-order valence-corrected chi connectivity index (χ2v) is 5.16. The number of H-pyrrole nitrogens is 1. The summed E-state index contributed by atoms with van der Waals surface area (Å²) in [5, 5.41) is 3.43. The largest absolute Gasteiger partial charge is 0.341 e. The first-order valence-electron chi connectivity index (χ1n) is 6.98. The Morgan fingerprint density at radius 2 is 2.05 bits per heavy atom. The Labute approximate surface area is 116 Å². The Kier molecular flexibility index (Phi) is 3.78. The SMILES string of the molecule is Fc1ccc(F)c(-c2cnc(C3CCCCCN3)[nH]2)c1. The summed E-state index contributed by atoms with van der Waals surface area (Å²) < 4.78 is 27.0. The number of rotatable bonds is 2. The number of aromatic nitrogens is 2. The minimum Gasteiger partial charge on any atom is -0.341 e. The van der Waals surface area contributed by atoms with E-state index in [4.69, 9.17) is 0 Å². The Balaban J connectivity index is 1.87. The second kappa shape index (κ2) is 5.71. The molecule has 2 heterocycles. The maximum absolute atomic E-state index is 13.7. The van der Waals surface area contributed by atoms with E-state index in [1.165, 1.54) is 18.9 Å². The number of hydrogen-bond donors (Lipinski definition) is 2. The quantitative estimate of drug-likeness (QED) is 0.881. The summed E-state index contributed by atoms with van der Waals surface area (Å²) in [6.07, 6.45) is 6.12. The topological polar surface area (TPSA) is 40.7 Å². The molecule has 0 amide bonds. The predicted octanol–water partition coefficient (Wildman–Crippen LogP) is 3.56. The van der Waals surface area contributed by atoms with Crippen LogP contribution in [-0.4, -0.2) is 16.5 Å². The van der Waals surface area contributed by atoms with Gasteiger partial charge in [-0.3, -0.25) is 0 Å². The summed E-state index contributed by atoms with van der Waals surface area (Å²) in [7, 11) is 0. The van der Waals surface area contributed by atoms with Gasteiger partial charge in [0.05, 0.1) is 17.9 Å². The Bertz CT molecular complexity index is 587. The second-order valence-electron chi connectivity index (χ2n) is 5.16. The van der Waals surface area contributed by atoms with E-state index >= 15 is 0 Å². The summed E-state index contributed by atoms with van der Waals surface area (Å²) in [6, 6.07) is 3.61. The van der Waals surface area contributed by atoms with Crippen molar-refractivity contribution in [2.75, 3.05) is 6.54 Å². The zero-order chi connectivity index (χ0) is 13.9. The molecular formula is C15H17F2N3. The van der Waals surface area contributed by atoms with Gasteiger partial charge in [0.25, 0.3) is 0 Å². The minimum absolute atomic E-state index is 0.169. The normalized spacial score (nSPS) is 19.8. The van der Waals surface area contributed by atoms with E-state index in [1.54, 1.807) is 6.20 Å². The van der Waals surface area contributed by atoms with Crippen LogP contribution in [0, 0.1) is 11.6 Å². The van der Waals surface area contributed by atoms with Crippen LogP contribution < -0.4 is 5.32 Å². The predicted molar refractivity (Wildman–Crippen MR) is 73.2 cm³/mol. The summed E-state index contributed by atoms with van der Waals surface area (Å²) in [5.41, 5.74) is 0.736. The maximum atomic E-state index is 13.7. The molecule has 1 atom stereocenters. The van der Waals surface area contributed by atoms with E-state index < -0.39 is 11.6 Å². The molecule has 1 aromatic heterocycles. The van der Waals surface area contributed by atoms with E-state index in [1.807, 2.05) is 0 Å². The van der Waals surface area contributed by atoms with Gasteiger partial charge in [0, 0.05) is 5.56 Å². The van der Waals surface area contributed by atoms with Crippen molar-refractivity contribution < 1.29 is 8.78 Å². The number of nitrogens with zero attached hydrogens (tertiary/aromatic N) is 1. The zero-order valence-corrected chi connectivity index (χ0v) is 11.1. The van der Waals surface area contributed by atoms with Crippen LogP contribution in [-0.2, 0) is 0 Å². The number of hydrogen-bond acceptors (Lipinski definition) is 2. The lowest BCUT2D eigenvalue weighted by molar-refractivity contribution is 0.512. The summed E-state index contributed by atoms with van der Waals surface area (Å²) in [6.45, 7) is 0.967. The van der Waals surface area contributed by atoms with Crippen LogP contribution in [0.15, 0.2) is 24.4 Å². The molecule has 0 spiro atoms. The molecule has 106 valence electrons. The van der Waals surface area contributed by atoms with Crippen LogP contribution in [0.1, 0.15) is 37.5 Å². The molecule has 20 heavy (non-hydrogen) atoms. The maximum Gasteiger partial charge on any atom is 0.132 e. The lowest BCUT2D eigenvalue weighted by Crippen LogP contribution is -2.21. The number of nitrogens with one attached hydrogen (secondary N) is 2. The van der Waals surface area contributed by atoms with Gasteiger partial charge in [-0.15, -0.1) is 0 Å². The third kappa shape index (κ3) is 2.72. The molecule has 2 aromatic rings. The molecule has 1 unspecified atom stereocenters. The fraction of sp³-hybridized carbons (Fsp3) is 0.400. The standard InChI is InChI=1S/C15H17F2N3/c16-10-5-6-12(17)11(8-10)14-9-19-15(20-14)13-4-2-1-3-7-18-13/h5-6,8-9,13,18H,1-4,7H2,(H,19,20). The minimum atomic E-state index is -0.454. The molecule has 2 N–H and O–H groups in total. The monoisotopic (exact) mass is 277 g/mol. The molecule has 1 aromatic carbocycles. The first kappa shape index (κ1) is 13.2. The van der Waals surface area contributed by atoms with Gasteiger partial charge < -0.3 is 10.3 Å². The van der Waals surface area contributed by atoms with Crippen molar-refractivity contribution in [2.45, 2.75) is 31.7 Å². The zero-order valence-electron chi connectivity index (χ0n) is 11.1. The van der Waals surface area contributed by atoms with Gasteiger partial charge in [0.2, 0.25) is 0 Å². The van der Waals surface area contributed by atoms with Crippen LogP contribution >= 0.6 is 0 Å². The van der Waals surface area contributed by atoms with Gasteiger partial charge in [0.1, 0.15) is 17.5 Å². The smallest absolute Gasteiger partial charge is 0.132 e. The number of imidazole rings is 1. The molecule has 1 aliphatic heterocycles. The van der Waals surface area contributed by atoms with Crippen LogP contribution in [0.3, 0.4) is 0 Å². The lowest BCUT2D eigenvalue weighted by atomic mass is 10.1. The lowest BCUT2D eigenvalue weighted by Gasteiger charge is -2.12. The third-order valence-electron chi connectivity index (χ3n) is 3.70. The highest BCUT2D eigenvalue weighted by atomic mass is 19.1. The van der Waals surface area contributed by atoms with Crippen molar-refractivity contribution in [1.29, 1.82) is 0 Å². The molecule has 1 aliphatic rings. The molecule has 5 heteroatoms. The highest BCUT2D eigenvalue weighted by Crippen LogP contribution is 2.25. The van der Waals surface area contributed by atoms with Gasteiger partial charge in [-0.05, 0) is 37.6 Å². The van der Waals surface area contributed by atoms with Crippen molar-refractivity contribution in [2.24, 2.45) is 0 Å². The molecule has 0 aliphatic carbocycles. The molecule has 0 radical (unpaired) electrons. The van der Waals surface area contributed by atoms with Crippen molar-refractivity contribution in [3.05, 3.63) is 41.9 Å².